The zero-order valence-corrected chi connectivity index (χ0v) is 12.6. The van der Waals surface area contributed by atoms with Gasteiger partial charge in [-0.1, -0.05) is 0 Å². The molecular weight excluding hydrogens is 313 g/mol. The molecule has 0 aliphatic carbocycles. The van der Waals surface area contributed by atoms with Crippen LogP contribution in [0.5, 0.6) is 0 Å². The van der Waals surface area contributed by atoms with Gasteiger partial charge in [0.25, 0.3) is 0 Å². The molecule has 120 valence electrons. The highest BCUT2D eigenvalue weighted by atomic mass is 32.1. The van der Waals surface area contributed by atoms with E-state index in [1.54, 1.807) is 10.3 Å². The van der Waals surface area contributed by atoms with E-state index >= 15 is 0 Å². The second-order valence-electron chi connectivity index (χ2n) is 5.10. The zero-order valence-electron chi connectivity index (χ0n) is 11.8. The molecule has 2 aliphatic heterocycles. The molecular formula is C13H16FN3O4S. The van der Waals surface area contributed by atoms with Crippen molar-refractivity contribution in [1.82, 2.24) is 4.90 Å². The molecule has 3 heterocycles. The Balaban J connectivity index is 1.74. The molecule has 9 heteroatoms. The van der Waals surface area contributed by atoms with Gasteiger partial charge in [0.05, 0.1) is 13.2 Å². The number of halogens is 1. The van der Waals surface area contributed by atoms with Crippen LogP contribution in [0.25, 0.3) is 0 Å². The molecule has 0 aromatic carbocycles. The first-order valence-corrected chi connectivity index (χ1v) is 7.77. The molecule has 22 heavy (non-hydrogen) atoms. The van der Waals surface area contributed by atoms with Gasteiger partial charge in [-0.2, -0.15) is 0 Å². The van der Waals surface area contributed by atoms with Gasteiger partial charge >= 0.3 is 6.09 Å². The Labute approximate surface area is 130 Å². The highest BCUT2D eigenvalue weighted by Gasteiger charge is 2.35. The van der Waals surface area contributed by atoms with Gasteiger partial charge in [-0.15, -0.1) is 11.3 Å². The largest absolute Gasteiger partial charge is 0.443 e. The molecule has 0 unspecified atom stereocenters. The zero-order chi connectivity index (χ0) is 15.7. The van der Waals surface area contributed by atoms with Crippen LogP contribution in [0.1, 0.15) is 5.56 Å². The van der Waals surface area contributed by atoms with Gasteiger partial charge in [-0.05, 0) is 0 Å². The Morgan fingerprint density at radius 1 is 1.45 bits per heavy atom. The van der Waals surface area contributed by atoms with Crippen molar-refractivity contribution in [3.05, 3.63) is 16.8 Å². The van der Waals surface area contributed by atoms with Gasteiger partial charge < -0.3 is 20.1 Å². The van der Waals surface area contributed by atoms with Crippen LogP contribution < -0.4 is 10.6 Å². The fraction of sp³-hybridized carbons (Fsp3) is 0.538. The maximum Gasteiger partial charge on any atom is 0.415 e. The monoisotopic (exact) mass is 329 g/mol. The van der Waals surface area contributed by atoms with E-state index in [1.807, 2.05) is 0 Å². The first-order chi connectivity index (χ1) is 10.6. The summed E-state index contributed by atoms with van der Waals surface area (Å²) in [6.45, 7) is 1.52. The Hall–Kier alpha value is -1.71. The number of rotatable bonds is 4. The number of anilines is 1. The molecule has 0 saturated carbocycles. The smallest absolute Gasteiger partial charge is 0.415 e. The van der Waals surface area contributed by atoms with Gasteiger partial charge in [0.15, 0.2) is 5.82 Å². The Morgan fingerprint density at radius 2 is 2.27 bits per heavy atom. The molecule has 0 radical (unpaired) electrons. The van der Waals surface area contributed by atoms with Crippen LogP contribution in [0.15, 0.2) is 5.38 Å². The van der Waals surface area contributed by atoms with Gasteiger partial charge in [-0.25, -0.2) is 9.18 Å². The predicted molar refractivity (Wildman–Crippen MR) is 77.2 cm³/mol. The number of ether oxygens (including phenoxy) is 2. The Morgan fingerprint density at radius 3 is 2.95 bits per heavy atom. The van der Waals surface area contributed by atoms with Crippen molar-refractivity contribution in [1.29, 1.82) is 0 Å². The lowest BCUT2D eigenvalue weighted by Crippen LogP contribution is -2.41. The highest BCUT2D eigenvalue weighted by molar-refractivity contribution is 7.14. The number of hydrogen-bond acceptors (Lipinski definition) is 6. The molecule has 1 atom stereocenters. The Bertz CT molecular complexity index is 594. The second kappa shape index (κ2) is 6.19. The van der Waals surface area contributed by atoms with Crippen molar-refractivity contribution in [2.75, 3.05) is 37.7 Å². The fourth-order valence-corrected chi connectivity index (χ4v) is 3.33. The molecule has 2 aliphatic rings. The fourth-order valence-electron chi connectivity index (χ4n) is 2.39. The second-order valence-corrected chi connectivity index (χ2v) is 5.96. The van der Waals surface area contributed by atoms with Crippen LogP contribution >= 0.6 is 11.3 Å². The topological polar surface area (TPSA) is 85.1 Å². The lowest BCUT2D eigenvalue weighted by Gasteiger charge is -2.26. The van der Waals surface area contributed by atoms with Gasteiger partial charge in [0.1, 0.15) is 17.7 Å². The molecule has 2 saturated heterocycles. The van der Waals surface area contributed by atoms with E-state index in [1.165, 1.54) is 4.90 Å². The minimum Gasteiger partial charge on any atom is -0.443 e. The first kappa shape index (κ1) is 15.2. The number of nitrogens with zero attached hydrogens (tertiary/aromatic N) is 2. The number of nitrogens with two attached hydrogens (primary N) is 1. The summed E-state index contributed by atoms with van der Waals surface area (Å²) >= 11 is 1.12. The molecule has 2 N–H and O–H groups in total. The quantitative estimate of drug-likeness (QED) is 0.871. The molecule has 0 spiro atoms. The molecule has 2 fully saturated rings. The first-order valence-electron chi connectivity index (χ1n) is 6.89. The van der Waals surface area contributed by atoms with Crippen molar-refractivity contribution < 1.29 is 23.5 Å². The SMILES string of the molecule is NC[C@H]1CN(c2scc(CN3CCOCC3=O)c2F)C(=O)O1. The minimum absolute atomic E-state index is 0.0231. The van der Waals surface area contributed by atoms with Gasteiger partial charge in [0, 0.05) is 30.6 Å². The third-order valence-corrected chi connectivity index (χ3v) is 4.63. The summed E-state index contributed by atoms with van der Waals surface area (Å²) in [6.07, 6.45) is -1.01. The molecule has 1 aromatic heterocycles. The summed E-state index contributed by atoms with van der Waals surface area (Å²) < 4.78 is 24.6. The Kier molecular flexibility index (Phi) is 4.27. The molecule has 1 aromatic rings. The number of hydrogen-bond donors (Lipinski definition) is 1. The van der Waals surface area contributed by atoms with Crippen LogP contribution in [-0.2, 0) is 20.8 Å². The van der Waals surface area contributed by atoms with Gasteiger partial charge in [-0.3, -0.25) is 9.69 Å². The summed E-state index contributed by atoms with van der Waals surface area (Å²) in [5.41, 5.74) is 5.86. The number of cyclic esters (lactones) is 1. The van der Waals surface area contributed by atoms with Crippen molar-refractivity contribution >= 4 is 28.3 Å². The van der Waals surface area contributed by atoms with Crippen molar-refractivity contribution in [2.24, 2.45) is 5.73 Å². The number of morpholine rings is 1. The summed E-state index contributed by atoms with van der Waals surface area (Å²) in [6, 6.07) is 0. The average Bonchev–Trinajstić information content (AvgIpc) is 3.05. The number of thiophene rings is 1. The highest BCUT2D eigenvalue weighted by Crippen LogP contribution is 2.33. The maximum atomic E-state index is 14.5. The summed E-state index contributed by atoms with van der Waals surface area (Å²) in [5.74, 6) is -0.652. The lowest BCUT2D eigenvalue weighted by atomic mass is 10.2. The van der Waals surface area contributed by atoms with Crippen LogP contribution in [-0.4, -0.2) is 55.9 Å². The third kappa shape index (κ3) is 2.79. The van der Waals surface area contributed by atoms with Crippen molar-refractivity contribution in [3.8, 4) is 0 Å². The predicted octanol–water partition coefficient (Wildman–Crippen LogP) is 0.530. The number of carbonyl (C=O) groups is 2. The minimum atomic E-state index is -0.592. The van der Waals surface area contributed by atoms with Crippen molar-refractivity contribution in [3.63, 3.8) is 0 Å². The van der Waals surface area contributed by atoms with Crippen LogP contribution in [0.4, 0.5) is 14.2 Å². The van der Waals surface area contributed by atoms with Gasteiger partial charge in [0.2, 0.25) is 5.91 Å². The summed E-state index contributed by atoms with van der Waals surface area (Å²) in [7, 11) is 0. The third-order valence-electron chi connectivity index (χ3n) is 3.61. The van der Waals surface area contributed by atoms with E-state index in [0.29, 0.717) is 18.7 Å². The molecule has 0 bridgehead atoms. The van der Waals surface area contributed by atoms with Crippen LogP contribution in [0.2, 0.25) is 0 Å². The summed E-state index contributed by atoms with van der Waals surface area (Å²) in [5, 5.41) is 1.83. The normalized spacial score (nSPS) is 22.4. The van der Waals surface area contributed by atoms with E-state index in [9.17, 15) is 14.0 Å². The van der Waals surface area contributed by atoms with E-state index in [2.05, 4.69) is 0 Å². The molecule has 2 amide bonds. The average molecular weight is 329 g/mol. The van der Waals surface area contributed by atoms with Crippen molar-refractivity contribution in [2.45, 2.75) is 12.6 Å². The van der Waals surface area contributed by atoms with E-state index in [-0.39, 0.29) is 37.1 Å². The molecule has 7 nitrogen and oxygen atoms in total. The number of amides is 2. The van der Waals surface area contributed by atoms with E-state index in [4.69, 9.17) is 15.2 Å². The van der Waals surface area contributed by atoms with Crippen LogP contribution in [0.3, 0.4) is 0 Å². The number of carbonyl (C=O) groups excluding carboxylic acids is 2. The van der Waals surface area contributed by atoms with Crippen LogP contribution in [0, 0.1) is 5.82 Å². The standard InChI is InChI=1S/C13H16FN3O4S/c14-11-8(4-16-1-2-20-6-10(16)18)7-22-12(11)17-5-9(3-15)21-13(17)19/h7,9H,1-6,15H2/t9-/m0/s1. The molecule has 3 rings (SSSR count). The maximum absolute atomic E-state index is 14.5. The lowest BCUT2D eigenvalue weighted by molar-refractivity contribution is -0.143. The summed E-state index contributed by atoms with van der Waals surface area (Å²) in [4.78, 5) is 26.2. The van der Waals surface area contributed by atoms with E-state index in [0.717, 1.165) is 11.3 Å². The van der Waals surface area contributed by atoms with E-state index < -0.39 is 18.0 Å².